The zero-order valence-electron chi connectivity index (χ0n) is 17.1. The van der Waals surface area contributed by atoms with Crippen molar-refractivity contribution >= 4 is 27.6 Å². The van der Waals surface area contributed by atoms with Crippen LogP contribution >= 0.6 is 0 Å². The number of rotatable bonds is 9. The first-order valence-corrected chi connectivity index (χ1v) is 9.46. The Morgan fingerprint density at radius 3 is 1.58 bits per heavy atom. The molecule has 2 unspecified atom stereocenters. The molecule has 1 amide bonds. The lowest BCUT2D eigenvalue weighted by molar-refractivity contribution is -0.143. The van der Waals surface area contributed by atoms with Gasteiger partial charge in [-0.15, -0.1) is 0 Å². The minimum absolute atomic E-state index is 0. The van der Waals surface area contributed by atoms with Crippen LogP contribution in [-0.4, -0.2) is 67.7 Å². The van der Waals surface area contributed by atoms with Crippen molar-refractivity contribution in [2.45, 2.75) is 94.9 Å². The summed E-state index contributed by atoms with van der Waals surface area (Å²) < 4.78 is 40.1. The third-order valence-electron chi connectivity index (χ3n) is 3.64. The van der Waals surface area contributed by atoms with Crippen LogP contribution in [0.2, 0.25) is 0 Å². The van der Waals surface area contributed by atoms with Crippen LogP contribution < -0.4 is 5.32 Å². The van der Waals surface area contributed by atoms with Gasteiger partial charge in [-0.05, 0) is 41.5 Å². The predicted octanol–water partition coefficient (Wildman–Crippen LogP) is 3.46. The van der Waals surface area contributed by atoms with Crippen molar-refractivity contribution in [3.63, 3.8) is 0 Å². The normalized spacial score (nSPS) is 12.7. The van der Waals surface area contributed by atoms with Gasteiger partial charge < -0.3 is 14.8 Å². The third kappa shape index (κ3) is 23.1. The quantitative estimate of drug-likeness (QED) is 0.478. The Bertz CT molecular complexity index is 608. The maximum Gasteiger partial charge on any atom is 0.267 e. The molecule has 0 aromatic carbocycles. The number of carbonyl (C=O) groups excluding carboxylic acids is 3. The first-order chi connectivity index (χ1) is 11.5. The summed E-state index contributed by atoms with van der Waals surface area (Å²) in [6.45, 7) is 8.93. The molecule has 0 saturated carbocycles. The van der Waals surface area contributed by atoms with E-state index in [0.29, 0.717) is 0 Å². The number of hydrogen-bond acceptors (Lipinski definition) is 7. The van der Waals surface area contributed by atoms with E-state index in [1.807, 2.05) is 0 Å². The fourth-order valence-corrected chi connectivity index (χ4v) is 2.71. The summed E-state index contributed by atoms with van der Waals surface area (Å²) in [7, 11) is -1.37. The summed E-state index contributed by atoms with van der Waals surface area (Å²) >= 11 is 0. The molecule has 0 spiro atoms. The Balaban J connectivity index is -0.0000000840. The molecule has 0 rings (SSSR count). The number of amides is 1. The van der Waals surface area contributed by atoms with Crippen LogP contribution in [-0.2, 0) is 34.0 Å². The Morgan fingerprint density at radius 2 is 1.39 bits per heavy atom. The maximum atomic E-state index is 11.8. The molecular formula is C20H48FNO8S. The molecule has 194 valence electrons. The molecule has 11 heteroatoms. The maximum absolute atomic E-state index is 11.8. The number of halogens is 1. The smallest absolute Gasteiger partial charge is 0.267 e. The van der Waals surface area contributed by atoms with E-state index < -0.39 is 32.9 Å². The van der Waals surface area contributed by atoms with Gasteiger partial charge in [0, 0.05) is 14.2 Å². The number of methoxy groups -OCH3 is 2. The van der Waals surface area contributed by atoms with Gasteiger partial charge in [-0.2, -0.15) is 8.42 Å². The van der Waals surface area contributed by atoms with Crippen molar-refractivity contribution in [3.8, 4) is 0 Å². The van der Waals surface area contributed by atoms with E-state index in [1.54, 1.807) is 6.92 Å². The highest BCUT2D eigenvalue weighted by atomic mass is 32.2. The topological polar surface area (TPSA) is 136 Å². The van der Waals surface area contributed by atoms with Crippen LogP contribution in [0, 0.1) is 0 Å². The molecule has 9 nitrogen and oxygen atoms in total. The molecule has 0 aromatic rings. The largest absolute Gasteiger partial charge is 0.374 e. The molecule has 0 aliphatic heterocycles. The lowest BCUT2D eigenvalue weighted by Gasteiger charge is -2.29. The Morgan fingerprint density at radius 1 is 1.00 bits per heavy atom. The summed E-state index contributed by atoms with van der Waals surface area (Å²) in [4.78, 5) is 33.4. The average molecular weight is 482 g/mol. The van der Waals surface area contributed by atoms with Crippen LogP contribution in [0.4, 0.5) is 4.70 Å². The molecule has 0 radical (unpaired) electrons. The van der Waals surface area contributed by atoms with Crippen molar-refractivity contribution in [2.24, 2.45) is 0 Å². The van der Waals surface area contributed by atoms with E-state index in [4.69, 9.17) is 9.29 Å². The molecule has 2 N–H and O–H groups in total. The number of ether oxygens (including phenoxy) is 2. The second-order valence-electron chi connectivity index (χ2n) is 6.81. The SMILES string of the molecule is C.C.C.C.COC(C)(CC(=O)NC(C)(C)CS(=O)(=O)O)C(C)=O.COC(C)C(C)=O.F. The van der Waals surface area contributed by atoms with Crippen molar-refractivity contribution in [1.82, 2.24) is 5.32 Å². The highest BCUT2D eigenvalue weighted by Crippen LogP contribution is 2.17. The van der Waals surface area contributed by atoms with Gasteiger partial charge >= 0.3 is 0 Å². The standard InChI is InChI=1S/C11H21NO6S.C5H10O2.4CH4.FH/c1-8(13)11(4,18-5)6-9(14)12-10(2,3)7-19(15,16)17;1-4(6)5(2)7-3;;;;;/h6-7H2,1-5H3,(H,12,14)(H,15,16,17);5H,1-3H3;4*1H4;1H. The average Bonchev–Trinajstić information content (AvgIpc) is 2.42. The monoisotopic (exact) mass is 481 g/mol. The van der Waals surface area contributed by atoms with Crippen molar-refractivity contribution in [1.29, 1.82) is 0 Å². The highest BCUT2D eigenvalue weighted by molar-refractivity contribution is 7.85. The zero-order valence-corrected chi connectivity index (χ0v) is 17.9. The van der Waals surface area contributed by atoms with Crippen LogP contribution in [0.15, 0.2) is 0 Å². The molecular weight excluding hydrogens is 433 g/mol. The van der Waals surface area contributed by atoms with E-state index in [9.17, 15) is 22.8 Å². The first kappa shape index (κ1) is 47.4. The molecule has 0 aliphatic carbocycles. The fraction of sp³-hybridized carbons (Fsp3) is 0.850. The second-order valence-corrected chi connectivity index (χ2v) is 8.27. The lowest BCUT2D eigenvalue weighted by atomic mass is 9.96. The van der Waals surface area contributed by atoms with Crippen molar-refractivity contribution < 1.29 is 41.5 Å². The number of ketones is 2. The molecule has 0 aliphatic rings. The van der Waals surface area contributed by atoms with Crippen LogP contribution in [0.25, 0.3) is 0 Å². The van der Waals surface area contributed by atoms with Gasteiger partial charge in [0.15, 0.2) is 11.6 Å². The van der Waals surface area contributed by atoms with Crippen LogP contribution in [0.1, 0.15) is 77.7 Å². The highest BCUT2D eigenvalue weighted by Gasteiger charge is 2.35. The number of hydrogen-bond donors (Lipinski definition) is 2. The van der Waals surface area contributed by atoms with Crippen molar-refractivity contribution in [2.75, 3.05) is 20.0 Å². The summed E-state index contributed by atoms with van der Waals surface area (Å²) in [6.07, 6.45) is -0.465. The number of Topliss-reactive ketones (excluding diaryl/α,β-unsaturated/α-hetero) is 2. The van der Waals surface area contributed by atoms with Gasteiger partial charge in [0.25, 0.3) is 10.1 Å². The van der Waals surface area contributed by atoms with Gasteiger partial charge in [0.1, 0.15) is 11.7 Å². The van der Waals surface area contributed by atoms with E-state index in [2.05, 4.69) is 10.1 Å². The number of nitrogens with one attached hydrogen (secondary N) is 1. The molecule has 0 aromatic heterocycles. The van der Waals surface area contributed by atoms with Crippen molar-refractivity contribution in [3.05, 3.63) is 0 Å². The third-order valence-corrected chi connectivity index (χ3v) is 4.73. The molecule has 0 bridgehead atoms. The predicted molar refractivity (Wildman–Crippen MR) is 126 cm³/mol. The summed E-state index contributed by atoms with van der Waals surface area (Å²) in [6, 6.07) is 0. The number of carbonyl (C=O) groups is 3. The molecule has 0 saturated heterocycles. The van der Waals surface area contributed by atoms with Crippen LogP contribution in [0.5, 0.6) is 0 Å². The zero-order chi connectivity index (χ0) is 21.3. The minimum Gasteiger partial charge on any atom is -0.374 e. The van der Waals surface area contributed by atoms with E-state index in [-0.39, 0.29) is 58.5 Å². The summed E-state index contributed by atoms with van der Waals surface area (Å²) in [5.41, 5.74) is -2.39. The van der Waals surface area contributed by atoms with Gasteiger partial charge in [-0.3, -0.25) is 23.6 Å². The molecule has 0 heterocycles. The first-order valence-electron chi connectivity index (χ1n) is 7.85. The Hall–Kier alpha value is -1.43. The van der Waals surface area contributed by atoms with Gasteiger partial charge in [0.05, 0.1) is 17.7 Å². The molecule has 2 atom stereocenters. The Labute approximate surface area is 189 Å². The Kier molecular flexibility index (Phi) is 29.5. The van der Waals surface area contributed by atoms with Gasteiger partial charge in [0.2, 0.25) is 5.91 Å². The van der Waals surface area contributed by atoms with Crippen LogP contribution in [0.3, 0.4) is 0 Å². The molecule has 0 fully saturated rings. The second kappa shape index (κ2) is 19.3. The van der Waals surface area contributed by atoms with E-state index in [1.165, 1.54) is 48.8 Å². The molecule has 31 heavy (non-hydrogen) atoms. The van der Waals surface area contributed by atoms with Gasteiger partial charge in [-0.25, -0.2) is 0 Å². The van der Waals surface area contributed by atoms with Gasteiger partial charge in [-0.1, -0.05) is 29.7 Å². The van der Waals surface area contributed by atoms with E-state index >= 15 is 0 Å². The summed E-state index contributed by atoms with van der Waals surface area (Å²) in [5, 5.41) is 2.45. The lowest BCUT2D eigenvalue weighted by Crippen LogP contribution is -2.51. The van der Waals surface area contributed by atoms with E-state index in [0.717, 1.165) is 0 Å². The summed E-state index contributed by atoms with van der Waals surface area (Å²) in [5.74, 6) is -1.39. The minimum atomic E-state index is -4.21. The fourth-order valence-electron chi connectivity index (χ4n) is 1.73.